The zero-order valence-corrected chi connectivity index (χ0v) is 11.7. The second-order valence-electron chi connectivity index (χ2n) is 5.43. The molecule has 1 saturated heterocycles. The van der Waals surface area contributed by atoms with Gasteiger partial charge in [0.15, 0.2) is 0 Å². The smallest absolute Gasteiger partial charge is 0.142 e. The predicted octanol–water partition coefficient (Wildman–Crippen LogP) is 2.61. The molecule has 2 heterocycles. The average Bonchev–Trinajstić information content (AvgIpc) is 3.13. The normalized spacial score (nSPS) is 24.2. The number of anilines is 2. The lowest BCUT2D eigenvalue weighted by molar-refractivity contribution is 0.0216. The van der Waals surface area contributed by atoms with Gasteiger partial charge in [-0.25, -0.2) is 0 Å². The fraction of sp³-hybridized carbons (Fsp3) is 0.769. The van der Waals surface area contributed by atoms with Gasteiger partial charge in [0.25, 0.3) is 0 Å². The maximum absolute atomic E-state index is 5.99. The summed E-state index contributed by atoms with van der Waals surface area (Å²) >= 11 is 1.54. The van der Waals surface area contributed by atoms with Crippen molar-refractivity contribution >= 4 is 22.4 Å². The van der Waals surface area contributed by atoms with Gasteiger partial charge < -0.3 is 15.4 Å². The summed E-state index contributed by atoms with van der Waals surface area (Å²) < 4.78 is 10.1. The molecule has 0 aromatic carbocycles. The number of rotatable bonds is 4. The van der Waals surface area contributed by atoms with Crippen LogP contribution in [0.5, 0.6) is 0 Å². The Labute approximate surface area is 112 Å². The van der Waals surface area contributed by atoms with Gasteiger partial charge in [-0.2, -0.15) is 4.37 Å². The number of ether oxygens (including phenoxy) is 1. The summed E-state index contributed by atoms with van der Waals surface area (Å²) in [6, 6.07) is 0. The van der Waals surface area contributed by atoms with E-state index < -0.39 is 0 Å². The van der Waals surface area contributed by atoms with Gasteiger partial charge >= 0.3 is 0 Å². The molecule has 1 aromatic rings. The molecular formula is C13H21N3OS. The maximum Gasteiger partial charge on any atom is 0.142 e. The monoisotopic (exact) mass is 267 g/mol. The van der Waals surface area contributed by atoms with Gasteiger partial charge in [0.05, 0.1) is 6.10 Å². The molecule has 0 bridgehead atoms. The van der Waals surface area contributed by atoms with E-state index in [4.69, 9.17) is 10.5 Å². The molecule has 2 aliphatic rings. The molecular weight excluding hydrogens is 246 g/mol. The van der Waals surface area contributed by atoms with Crippen molar-refractivity contribution in [2.75, 3.05) is 30.8 Å². The number of aromatic nitrogens is 1. The van der Waals surface area contributed by atoms with Crippen molar-refractivity contribution in [2.24, 2.45) is 0 Å². The Kier molecular flexibility index (Phi) is 3.43. The van der Waals surface area contributed by atoms with Gasteiger partial charge in [0, 0.05) is 25.8 Å². The second kappa shape index (κ2) is 5.05. The van der Waals surface area contributed by atoms with Crippen LogP contribution in [-0.2, 0) is 4.74 Å². The zero-order chi connectivity index (χ0) is 12.5. The Morgan fingerprint density at radius 3 is 2.89 bits per heavy atom. The van der Waals surface area contributed by atoms with E-state index in [0.29, 0.717) is 12.0 Å². The lowest BCUT2D eigenvalue weighted by atomic mass is 10.1. The molecule has 0 spiro atoms. The minimum atomic E-state index is 0.374. The molecule has 18 heavy (non-hydrogen) atoms. The number of hydrogen-bond acceptors (Lipinski definition) is 5. The molecule has 0 amide bonds. The Hall–Kier alpha value is -0.810. The Morgan fingerprint density at radius 2 is 2.22 bits per heavy atom. The number of likely N-dealkylation sites (N-methyl/N-ethyl adjacent to an activating group) is 1. The van der Waals surface area contributed by atoms with E-state index in [1.807, 2.05) is 0 Å². The van der Waals surface area contributed by atoms with E-state index in [-0.39, 0.29) is 0 Å². The van der Waals surface area contributed by atoms with Gasteiger partial charge in [-0.3, -0.25) is 0 Å². The minimum Gasteiger partial charge on any atom is -0.383 e. The van der Waals surface area contributed by atoms with Gasteiger partial charge in [0.2, 0.25) is 0 Å². The van der Waals surface area contributed by atoms with Crippen molar-refractivity contribution in [1.29, 1.82) is 0 Å². The predicted molar refractivity (Wildman–Crippen MR) is 75.4 cm³/mol. The number of nitrogens with zero attached hydrogens (tertiary/aromatic N) is 2. The highest BCUT2D eigenvalue weighted by atomic mass is 32.1. The van der Waals surface area contributed by atoms with Crippen LogP contribution < -0.4 is 10.6 Å². The van der Waals surface area contributed by atoms with Crippen LogP contribution in [0.2, 0.25) is 0 Å². The lowest BCUT2D eigenvalue weighted by Crippen LogP contribution is -2.33. The highest BCUT2D eigenvalue weighted by Crippen LogP contribution is 2.48. The topological polar surface area (TPSA) is 51.4 Å². The van der Waals surface area contributed by atoms with Crippen LogP contribution in [0.25, 0.3) is 0 Å². The Morgan fingerprint density at radius 1 is 1.39 bits per heavy atom. The summed E-state index contributed by atoms with van der Waals surface area (Å²) in [4.78, 5) is 2.29. The van der Waals surface area contributed by atoms with Crippen LogP contribution in [-0.4, -0.2) is 30.7 Å². The van der Waals surface area contributed by atoms with E-state index in [1.165, 1.54) is 54.2 Å². The molecule has 2 fully saturated rings. The Balaban J connectivity index is 1.69. The van der Waals surface area contributed by atoms with Gasteiger partial charge in [-0.15, -0.1) is 0 Å². The summed E-state index contributed by atoms with van der Waals surface area (Å²) in [5.74, 6) is 1.40. The average molecular weight is 267 g/mol. The molecule has 5 heteroatoms. The van der Waals surface area contributed by atoms with Crippen molar-refractivity contribution in [1.82, 2.24) is 4.37 Å². The molecule has 100 valence electrons. The highest BCUT2D eigenvalue weighted by molar-refractivity contribution is 7.10. The van der Waals surface area contributed by atoms with Crippen LogP contribution in [0.4, 0.5) is 10.8 Å². The summed E-state index contributed by atoms with van der Waals surface area (Å²) in [5.41, 5.74) is 7.28. The van der Waals surface area contributed by atoms with E-state index in [1.54, 1.807) is 0 Å². The summed E-state index contributed by atoms with van der Waals surface area (Å²) in [7, 11) is 2.14. The maximum atomic E-state index is 5.99. The second-order valence-corrected chi connectivity index (χ2v) is 6.18. The molecule has 2 N–H and O–H groups in total. The first-order chi connectivity index (χ1) is 8.75. The molecule has 3 rings (SSSR count). The molecule has 1 aliphatic carbocycles. The largest absolute Gasteiger partial charge is 0.383 e. The fourth-order valence-corrected chi connectivity index (χ4v) is 3.54. The first-order valence-corrected chi connectivity index (χ1v) is 7.61. The molecule has 1 atom stereocenters. The third-order valence-electron chi connectivity index (χ3n) is 3.82. The molecule has 0 radical (unpaired) electrons. The third kappa shape index (κ3) is 2.47. The quantitative estimate of drug-likeness (QED) is 0.911. The van der Waals surface area contributed by atoms with E-state index in [0.717, 1.165) is 19.0 Å². The fourth-order valence-electron chi connectivity index (χ4n) is 2.67. The SMILES string of the molecule is CN(CC1CCCCO1)c1snc(N)c1C1CC1. The van der Waals surface area contributed by atoms with Crippen LogP contribution in [0, 0.1) is 0 Å². The van der Waals surface area contributed by atoms with E-state index in [2.05, 4.69) is 16.3 Å². The van der Waals surface area contributed by atoms with Crippen molar-refractivity contribution < 1.29 is 4.74 Å². The van der Waals surface area contributed by atoms with Crippen molar-refractivity contribution in [3.63, 3.8) is 0 Å². The van der Waals surface area contributed by atoms with Crippen LogP contribution in [0.3, 0.4) is 0 Å². The van der Waals surface area contributed by atoms with Gasteiger partial charge in [-0.1, -0.05) is 0 Å². The van der Waals surface area contributed by atoms with Gasteiger partial charge in [-0.05, 0) is 49.6 Å². The third-order valence-corrected chi connectivity index (χ3v) is 4.81. The Bertz CT molecular complexity index is 410. The van der Waals surface area contributed by atoms with Gasteiger partial charge in [0.1, 0.15) is 10.8 Å². The van der Waals surface area contributed by atoms with Crippen molar-refractivity contribution in [3.8, 4) is 0 Å². The van der Waals surface area contributed by atoms with Crippen LogP contribution in [0.1, 0.15) is 43.6 Å². The molecule has 1 unspecified atom stereocenters. The van der Waals surface area contributed by atoms with Crippen molar-refractivity contribution in [2.45, 2.75) is 44.1 Å². The summed E-state index contributed by atoms with van der Waals surface area (Å²) in [5, 5.41) is 1.25. The molecule has 1 saturated carbocycles. The van der Waals surface area contributed by atoms with Crippen LogP contribution >= 0.6 is 11.5 Å². The highest BCUT2D eigenvalue weighted by Gasteiger charge is 2.32. The van der Waals surface area contributed by atoms with Crippen LogP contribution in [0.15, 0.2) is 0 Å². The summed E-state index contributed by atoms with van der Waals surface area (Å²) in [6.07, 6.45) is 6.59. The van der Waals surface area contributed by atoms with E-state index in [9.17, 15) is 0 Å². The summed E-state index contributed by atoms with van der Waals surface area (Å²) in [6.45, 7) is 1.88. The first kappa shape index (κ1) is 12.2. The number of nitrogens with two attached hydrogens (primary N) is 1. The zero-order valence-electron chi connectivity index (χ0n) is 10.9. The molecule has 1 aliphatic heterocycles. The number of nitrogen functional groups attached to an aromatic ring is 1. The molecule has 4 nitrogen and oxygen atoms in total. The van der Waals surface area contributed by atoms with E-state index >= 15 is 0 Å². The minimum absolute atomic E-state index is 0.374. The number of hydrogen-bond donors (Lipinski definition) is 1. The van der Waals surface area contributed by atoms with Crippen molar-refractivity contribution in [3.05, 3.63) is 5.56 Å². The first-order valence-electron chi connectivity index (χ1n) is 6.83. The standard InChI is InChI=1S/C13H21N3OS/c1-16(8-10-4-2-3-7-17-10)13-11(9-5-6-9)12(14)15-18-13/h9-10H,2-8H2,1H3,(H2,14,15). The molecule has 1 aromatic heterocycles. The lowest BCUT2D eigenvalue weighted by Gasteiger charge is -2.28.